The molecule has 0 aliphatic carbocycles. The van der Waals surface area contributed by atoms with Crippen LogP contribution in [0, 0.1) is 0 Å². The van der Waals surface area contributed by atoms with E-state index >= 15 is 0 Å². The van der Waals surface area contributed by atoms with Crippen molar-refractivity contribution in [3.05, 3.63) is 22.4 Å². The normalized spacial score (nSPS) is 15.5. The van der Waals surface area contributed by atoms with Crippen LogP contribution in [0.5, 0.6) is 0 Å². The zero-order valence-electron chi connectivity index (χ0n) is 9.60. The Morgan fingerprint density at radius 3 is 2.80 bits per heavy atom. The van der Waals surface area contributed by atoms with Gasteiger partial charge >= 0.3 is 0 Å². The Labute approximate surface area is 95.7 Å². The minimum Gasteiger partial charge on any atom is -0.390 e. The summed E-state index contributed by atoms with van der Waals surface area (Å²) >= 11 is 1.70. The van der Waals surface area contributed by atoms with Gasteiger partial charge in [-0.1, -0.05) is 0 Å². The molecule has 2 N–H and O–H groups in total. The van der Waals surface area contributed by atoms with Gasteiger partial charge in [-0.05, 0) is 43.4 Å². The van der Waals surface area contributed by atoms with Crippen LogP contribution in [0.15, 0.2) is 16.8 Å². The van der Waals surface area contributed by atoms with Gasteiger partial charge in [-0.2, -0.15) is 11.3 Å². The summed E-state index contributed by atoms with van der Waals surface area (Å²) in [5.74, 6) is 0. The number of hydrogen-bond acceptors (Lipinski definition) is 4. The first-order valence-electron chi connectivity index (χ1n) is 5.18. The number of likely N-dealkylation sites (N-methyl/N-ethyl adjacent to an activating group) is 1. The molecule has 0 spiro atoms. The number of aliphatic hydroxyl groups is 1. The van der Waals surface area contributed by atoms with E-state index in [9.17, 15) is 5.11 Å². The molecule has 1 aromatic rings. The van der Waals surface area contributed by atoms with Crippen LogP contribution in [0.1, 0.15) is 18.5 Å². The average Bonchev–Trinajstić information content (AvgIpc) is 2.65. The first-order valence-corrected chi connectivity index (χ1v) is 6.12. The Morgan fingerprint density at radius 1 is 1.53 bits per heavy atom. The molecule has 1 heterocycles. The number of thiophene rings is 1. The molecule has 1 rings (SSSR count). The lowest BCUT2D eigenvalue weighted by Gasteiger charge is -2.19. The zero-order valence-corrected chi connectivity index (χ0v) is 10.4. The minimum atomic E-state index is -0.305. The third kappa shape index (κ3) is 4.75. The summed E-state index contributed by atoms with van der Waals surface area (Å²) in [7, 11) is 3.93. The van der Waals surface area contributed by atoms with Crippen molar-refractivity contribution in [3.8, 4) is 0 Å². The van der Waals surface area contributed by atoms with Crippen LogP contribution >= 0.6 is 11.3 Å². The van der Waals surface area contributed by atoms with Crippen LogP contribution in [0.3, 0.4) is 0 Å². The molecule has 1 aromatic heterocycles. The maximum Gasteiger partial charge on any atom is 0.0791 e. The van der Waals surface area contributed by atoms with Gasteiger partial charge in [0.1, 0.15) is 0 Å². The van der Waals surface area contributed by atoms with Gasteiger partial charge in [-0.3, -0.25) is 0 Å². The van der Waals surface area contributed by atoms with E-state index < -0.39 is 0 Å². The Kier molecular flexibility index (Phi) is 5.25. The number of nitrogens with one attached hydrogen (secondary N) is 1. The van der Waals surface area contributed by atoms with Crippen LogP contribution in [-0.4, -0.2) is 43.3 Å². The van der Waals surface area contributed by atoms with Crippen molar-refractivity contribution in [1.29, 1.82) is 0 Å². The molecule has 0 saturated carbocycles. The summed E-state index contributed by atoms with van der Waals surface area (Å²) in [5, 5.41) is 17.2. The third-order valence-corrected chi connectivity index (χ3v) is 2.98. The topological polar surface area (TPSA) is 35.5 Å². The Bertz CT molecular complexity index is 262. The van der Waals surface area contributed by atoms with Crippen molar-refractivity contribution in [3.63, 3.8) is 0 Å². The highest BCUT2D eigenvalue weighted by atomic mass is 32.1. The van der Waals surface area contributed by atoms with Gasteiger partial charge in [0.25, 0.3) is 0 Å². The van der Waals surface area contributed by atoms with Crippen LogP contribution in [0.2, 0.25) is 0 Å². The maximum atomic E-state index is 9.66. The van der Waals surface area contributed by atoms with Gasteiger partial charge in [0.05, 0.1) is 6.10 Å². The molecular formula is C11H20N2OS. The summed E-state index contributed by atoms with van der Waals surface area (Å²) in [5.41, 5.74) is 1.29. The fraction of sp³-hybridized carbons (Fsp3) is 0.636. The molecule has 3 nitrogen and oxygen atoms in total. The van der Waals surface area contributed by atoms with Gasteiger partial charge in [-0.15, -0.1) is 0 Å². The second kappa shape index (κ2) is 6.23. The second-order valence-electron chi connectivity index (χ2n) is 4.10. The van der Waals surface area contributed by atoms with Crippen molar-refractivity contribution in [2.24, 2.45) is 0 Å². The van der Waals surface area contributed by atoms with Crippen LogP contribution in [0.25, 0.3) is 0 Å². The highest BCUT2D eigenvalue weighted by Crippen LogP contribution is 2.15. The lowest BCUT2D eigenvalue weighted by atomic mass is 10.2. The summed E-state index contributed by atoms with van der Waals surface area (Å²) in [4.78, 5) is 1.99. The highest BCUT2D eigenvalue weighted by Gasteiger charge is 2.09. The van der Waals surface area contributed by atoms with E-state index in [1.165, 1.54) is 5.56 Å². The lowest BCUT2D eigenvalue weighted by Crippen LogP contribution is -2.35. The number of rotatable bonds is 6. The fourth-order valence-corrected chi connectivity index (χ4v) is 2.19. The average molecular weight is 228 g/mol. The summed E-state index contributed by atoms with van der Waals surface area (Å²) in [6, 6.07) is 2.42. The molecule has 0 aliphatic heterocycles. The van der Waals surface area contributed by atoms with E-state index in [-0.39, 0.29) is 6.10 Å². The summed E-state index contributed by atoms with van der Waals surface area (Å²) in [6.07, 6.45) is -0.305. The Balaban J connectivity index is 2.25. The van der Waals surface area contributed by atoms with Crippen molar-refractivity contribution in [1.82, 2.24) is 10.2 Å². The molecule has 0 bridgehead atoms. The molecule has 2 unspecified atom stereocenters. The lowest BCUT2D eigenvalue weighted by molar-refractivity contribution is 0.132. The summed E-state index contributed by atoms with van der Waals surface area (Å²) < 4.78 is 0. The molecule has 0 amide bonds. The smallest absolute Gasteiger partial charge is 0.0791 e. The van der Waals surface area contributed by atoms with E-state index in [1.807, 2.05) is 19.0 Å². The van der Waals surface area contributed by atoms with Crippen LogP contribution < -0.4 is 5.32 Å². The highest BCUT2D eigenvalue weighted by molar-refractivity contribution is 7.07. The third-order valence-electron chi connectivity index (χ3n) is 2.28. The molecule has 15 heavy (non-hydrogen) atoms. The largest absolute Gasteiger partial charge is 0.390 e. The first-order chi connectivity index (χ1) is 7.09. The molecular weight excluding hydrogens is 208 g/mol. The SMILES string of the molecule is CC(NCC(O)CN(C)C)c1ccsc1. The van der Waals surface area contributed by atoms with E-state index in [2.05, 4.69) is 29.1 Å². The molecule has 0 saturated heterocycles. The molecule has 2 atom stereocenters. The first kappa shape index (κ1) is 12.6. The van der Waals surface area contributed by atoms with Crippen LogP contribution in [0.4, 0.5) is 0 Å². The fourth-order valence-electron chi connectivity index (χ4n) is 1.44. The standard InChI is InChI=1S/C11H20N2OS/c1-9(10-4-5-15-8-10)12-6-11(14)7-13(2)3/h4-5,8-9,11-12,14H,6-7H2,1-3H3. The van der Waals surface area contributed by atoms with E-state index in [4.69, 9.17) is 0 Å². The summed E-state index contributed by atoms with van der Waals surface area (Å²) in [6.45, 7) is 3.45. The number of aliphatic hydroxyl groups excluding tert-OH is 1. The van der Waals surface area contributed by atoms with Gasteiger partial charge < -0.3 is 15.3 Å². The Hall–Kier alpha value is -0.420. The molecule has 86 valence electrons. The van der Waals surface area contributed by atoms with Crippen molar-refractivity contribution in [2.75, 3.05) is 27.2 Å². The van der Waals surface area contributed by atoms with Gasteiger partial charge in [0.15, 0.2) is 0 Å². The van der Waals surface area contributed by atoms with Crippen LogP contribution in [-0.2, 0) is 0 Å². The molecule has 0 fully saturated rings. The van der Waals surface area contributed by atoms with E-state index in [0.717, 1.165) is 0 Å². The monoisotopic (exact) mass is 228 g/mol. The van der Waals surface area contributed by atoms with Gasteiger partial charge in [0.2, 0.25) is 0 Å². The van der Waals surface area contributed by atoms with Gasteiger partial charge in [0, 0.05) is 19.1 Å². The quantitative estimate of drug-likeness (QED) is 0.771. The number of nitrogens with zero attached hydrogens (tertiary/aromatic N) is 1. The minimum absolute atomic E-state index is 0.305. The molecule has 0 aliphatic rings. The van der Waals surface area contributed by atoms with E-state index in [0.29, 0.717) is 19.1 Å². The second-order valence-corrected chi connectivity index (χ2v) is 4.88. The number of hydrogen-bond donors (Lipinski definition) is 2. The predicted molar refractivity (Wildman–Crippen MR) is 65.3 cm³/mol. The zero-order chi connectivity index (χ0) is 11.3. The van der Waals surface area contributed by atoms with Crippen molar-refractivity contribution >= 4 is 11.3 Å². The molecule has 0 radical (unpaired) electrons. The van der Waals surface area contributed by atoms with Crippen molar-refractivity contribution < 1.29 is 5.11 Å². The molecule has 0 aromatic carbocycles. The van der Waals surface area contributed by atoms with Crippen molar-refractivity contribution in [2.45, 2.75) is 19.1 Å². The van der Waals surface area contributed by atoms with E-state index in [1.54, 1.807) is 11.3 Å². The predicted octanol–water partition coefficient (Wildman–Crippen LogP) is 1.32. The Morgan fingerprint density at radius 2 is 2.27 bits per heavy atom. The molecule has 4 heteroatoms. The maximum absolute atomic E-state index is 9.66. The van der Waals surface area contributed by atoms with Gasteiger partial charge in [-0.25, -0.2) is 0 Å².